The van der Waals surface area contributed by atoms with E-state index in [4.69, 9.17) is 0 Å². The van der Waals surface area contributed by atoms with Crippen LogP contribution in [-0.2, 0) is 13.1 Å². The molecule has 21 heavy (non-hydrogen) atoms. The third kappa shape index (κ3) is 4.24. The Kier molecular flexibility index (Phi) is 4.81. The molecule has 0 saturated carbocycles. The number of nitrogens with one attached hydrogen (secondary N) is 1. The van der Waals surface area contributed by atoms with Crippen LogP contribution in [0.5, 0.6) is 0 Å². The lowest BCUT2D eigenvalue weighted by Gasteiger charge is -2.09. The maximum absolute atomic E-state index is 12.1. The monoisotopic (exact) mass is 286 g/mol. The Morgan fingerprint density at radius 3 is 2.76 bits per heavy atom. The minimum atomic E-state index is -0.321. The van der Waals surface area contributed by atoms with E-state index in [0.717, 1.165) is 5.69 Å². The lowest BCUT2D eigenvalue weighted by molar-refractivity contribution is 0.0942. The molecule has 0 aliphatic carbocycles. The molecule has 2 rings (SSSR count). The predicted octanol–water partition coefficient (Wildman–Crippen LogP) is 1.22. The van der Waals surface area contributed by atoms with Crippen molar-refractivity contribution in [3.8, 4) is 0 Å². The number of carbonyl (C=O) groups is 1. The van der Waals surface area contributed by atoms with Crippen molar-refractivity contribution in [1.29, 1.82) is 0 Å². The van der Waals surface area contributed by atoms with Crippen molar-refractivity contribution in [2.24, 2.45) is 5.92 Å². The summed E-state index contributed by atoms with van der Waals surface area (Å²) in [6.07, 6.45) is 1.67. The molecule has 2 heterocycles. The number of hydrogen-bond acceptors (Lipinski definition) is 4. The van der Waals surface area contributed by atoms with Crippen molar-refractivity contribution in [3.05, 3.63) is 58.3 Å². The number of rotatable bonds is 5. The van der Waals surface area contributed by atoms with E-state index in [1.54, 1.807) is 6.20 Å². The fourth-order valence-corrected chi connectivity index (χ4v) is 1.81. The molecule has 0 atom stereocenters. The van der Waals surface area contributed by atoms with Gasteiger partial charge in [-0.2, -0.15) is 5.10 Å². The SMILES string of the molecule is CC(C)Cn1nc(C(=O)NCc2ccccn2)ccc1=O. The molecule has 6 heteroatoms. The van der Waals surface area contributed by atoms with Crippen LogP contribution < -0.4 is 10.9 Å². The van der Waals surface area contributed by atoms with Gasteiger partial charge in [-0.05, 0) is 24.1 Å². The van der Waals surface area contributed by atoms with E-state index >= 15 is 0 Å². The van der Waals surface area contributed by atoms with Gasteiger partial charge in [-0.25, -0.2) is 4.68 Å². The molecule has 0 radical (unpaired) electrons. The molecule has 110 valence electrons. The van der Waals surface area contributed by atoms with E-state index < -0.39 is 0 Å². The molecule has 0 spiro atoms. The Labute approximate surface area is 122 Å². The Balaban J connectivity index is 2.07. The zero-order valence-corrected chi connectivity index (χ0v) is 12.1. The summed E-state index contributed by atoms with van der Waals surface area (Å²) in [5.74, 6) is -0.0415. The summed E-state index contributed by atoms with van der Waals surface area (Å²) in [6, 6.07) is 8.30. The average molecular weight is 286 g/mol. The van der Waals surface area contributed by atoms with E-state index in [-0.39, 0.29) is 23.1 Å². The topological polar surface area (TPSA) is 76.9 Å². The van der Waals surface area contributed by atoms with Gasteiger partial charge in [-0.3, -0.25) is 14.6 Å². The highest BCUT2D eigenvalue weighted by Crippen LogP contribution is 1.98. The van der Waals surface area contributed by atoms with Gasteiger partial charge in [0.05, 0.1) is 12.2 Å². The standard InChI is InChI=1S/C15H18N4O2/c1-11(2)10-19-14(20)7-6-13(18-19)15(21)17-9-12-5-3-4-8-16-12/h3-8,11H,9-10H2,1-2H3,(H,17,21). The first-order valence-electron chi connectivity index (χ1n) is 6.82. The molecule has 0 bridgehead atoms. The van der Waals surface area contributed by atoms with Gasteiger partial charge in [-0.1, -0.05) is 19.9 Å². The maximum Gasteiger partial charge on any atom is 0.272 e. The summed E-state index contributed by atoms with van der Waals surface area (Å²) in [5.41, 5.74) is 0.789. The molecule has 0 unspecified atom stereocenters. The van der Waals surface area contributed by atoms with Crippen molar-refractivity contribution in [2.75, 3.05) is 0 Å². The number of nitrogens with zero attached hydrogens (tertiary/aromatic N) is 3. The number of aromatic nitrogens is 3. The summed E-state index contributed by atoms with van der Waals surface area (Å²) in [4.78, 5) is 27.8. The largest absolute Gasteiger partial charge is 0.345 e. The molecule has 1 N–H and O–H groups in total. The molecule has 0 saturated heterocycles. The van der Waals surface area contributed by atoms with Crippen LogP contribution in [0.4, 0.5) is 0 Å². The summed E-state index contributed by atoms with van der Waals surface area (Å²) in [5, 5.41) is 6.83. The fraction of sp³-hybridized carbons (Fsp3) is 0.333. The van der Waals surface area contributed by atoms with E-state index in [9.17, 15) is 9.59 Å². The van der Waals surface area contributed by atoms with Crippen LogP contribution >= 0.6 is 0 Å². The van der Waals surface area contributed by atoms with E-state index in [1.807, 2.05) is 32.0 Å². The van der Waals surface area contributed by atoms with Crippen LogP contribution in [0.25, 0.3) is 0 Å². The molecular weight excluding hydrogens is 268 g/mol. The van der Waals surface area contributed by atoms with Crippen LogP contribution in [0.2, 0.25) is 0 Å². The van der Waals surface area contributed by atoms with Gasteiger partial charge in [0.2, 0.25) is 0 Å². The number of pyridine rings is 1. The molecule has 2 aromatic heterocycles. The predicted molar refractivity (Wildman–Crippen MR) is 78.7 cm³/mol. The van der Waals surface area contributed by atoms with Gasteiger partial charge in [0, 0.05) is 18.8 Å². The van der Waals surface area contributed by atoms with E-state index in [2.05, 4.69) is 15.4 Å². The first-order chi connectivity index (χ1) is 10.1. The minimum Gasteiger partial charge on any atom is -0.345 e. The van der Waals surface area contributed by atoms with Crippen molar-refractivity contribution in [1.82, 2.24) is 20.1 Å². The Morgan fingerprint density at radius 1 is 1.29 bits per heavy atom. The zero-order valence-electron chi connectivity index (χ0n) is 12.1. The van der Waals surface area contributed by atoms with Gasteiger partial charge in [0.15, 0.2) is 0 Å². The van der Waals surface area contributed by atoms with Gasteiger partial charge in [0.1, 0.15) is 5.69 Å². The normalized spacial score (nSPS) is 10.6. The summed E-state index contributed by atoms with van der Waals surface area (Å²) >= 11 is 0. The Hall–Kier alpha value is -2.50. The molecule has 2 aromatic rings. The molecule has 0 fully saturated rings. The van der Waals surface area contributed by atoms with E-state index in [0.29, 0.717) is 13.1 Å². The third-order valence-electron chi connectivity index (χ3n) is 2.79. The van der Waals surface area contributed by atoms with E-state index in [1.165, 1.54) is 16.8 Å². The molecular formula is C15H18N4O2. The van der Waals surface area contributed by atoms with Crippen molar-refractivity contribution in [3.63, 3.8) is 0 Å². The fourth-order valence-electron chi connectivity index (χ4n) is 1.81. The summed E-state index contributed by atoms with van der Waals surface area (Å²) in [6.45, 7) is 4.79. The molecule has 6 nitrogen and oxygen atoms in total. The zero-order chi connectivity index (χ0) is 15.2. The summed E-state index contributed by atoms with van der Waals surface area (Å²) < 4.78 is 1.32. The molecule has 0 aliphatic rings. The highest BCUT2D eigenvalue weighted by atomic mass is 16.2. The van der Waals surface area contributed by atoms with Gasteiger partial charge < -0.3 is 5.32 Å². The minimum absolute atomic E-state index is 0.204. The smallest absolute Gasteiger partial charge is 0.272 e. The first kappa shape index (κ1) is 14.9. The molecule has 1 amide bonds. The Bertz CT molecular complexity index is 665. The van der Waals surface area contributed by atoms with Crippen molar-refractivity contribution in [2.45, 2.75) is 26.9 Å². The average Bonchev–Trinajstić information content (AvgIpc) is 2.47. The second kappa shape index (κ2) is 6.78. The van der Waals surface area contributed by atoms with Crippen LogP contribution in [0.1, 0.15) is 30.0 Å². The van der Waals surface area contributed by atoms with Gasteiger partial charge in [0.25, 0.3) is 11.5 Å². The van der Waals surface area contributed by atoms with Gasteiger partial charge >= 0.3 is 0 Å². The lowest BCUT2D eigenvalue weighted by Crippen LogP contribution is -2.30. The number of amides is 1. The van der Waals surface area contributed by atoms with Crippen LogP contribution in [0.3, 0.4) is 0 Å². The number of carbonyl (C=O) groups excluding carboxylic acids is 1. The van der Waals surface area contributed by atoms with Gasteiger partial charge in [-0.15, -0.1) is 0 Å². The van der Waals surface area contributed by atoms with Crippen LogP contribution in [0.15, 0.2) is 41.3 Å². The second-order valence-electron chi connectivity index (χ2n) is 5.14. The second-order valence-corrected chi connectivity index (χ2v) is 5.14. The first-order valence-corrected chi connectivity index (χ1v) is 6.82. The van der Waals surface area contributed by atoms with Crippen molar-refractivity contribution < 1.29 is 4.79 Å². The maximum atomic E-state index is 12.1. The van der Waals surface area contributed by atoms with Crippen LogP contribution in [-0.4, -0.2) is 20.7 Å². The quantitative estimate of drug-likeness (QED) is 0.896. The molecule has 0 aliphatic heterocycles. The molecule has 0 aromatic carbocycles. The highest BCUT2D eigenvalue weighted by Gasteiger charge is 2.10. The van der Waals surface area contributed by atoms with Crippen molar-refractivity contribution >= 4 is 5.91 Å². The van der Waals surface area contributed by atoms with Crippen LogP contribution in [0, 0.1) is 5.92 Å². The lowest BCUT2D eigenvalue weighted by atomic mass is 10.2. The highest BCUT2D eigenvalue weighted by molar-refractivity contribution is 5.91. The number of hydrogen-bond donors (Lipinski definition) is 1. The third-order valence-corrected chi connectivity index (χ3v) is 2.79. The summed E-state index contributed by atoms with van der Waals surface area (Å²) in [7, 11) is 0. The Morgan fingerprint density at radius 2 is 2.10 bits per heavy atom.